The maximum Gasteiger partial charge on any atom is 0.227 e. The number of nitrogens with one attached hydrogen (secondary N) is 1. The van der Waals surface area contributed by atoms with E-state index in [1.165, 1.54) is 0 Å². The Bertz CT molecular complexity index is 722. The minimum atomic E-state index is 0.0511. The Balaban J connectivity index is 2.27. The van der Waals surface area contributed by atoms with E-state index in [0.717, 1.165) is 62.0 Å². The molecule has 2 rings (SSSR count). The highest BCUT2D eigenvalue weighted by molar-refractivity contribution is 5.93. The summed E-state index contributed by atoms with van der Waals surface area (Å²) in [6.07, 6.45) is 5.95. The third kappa shape index (κ3) is 7.23. The van der Waals surface area contributed by atoms with E-state index in [0.29, 0.717) is 13.1 Å². The molecule has 1 fully saturated rings. The molecule has 0 aliphatic heterocycles. The van der Waals surface area contributed by atoms with Crippen LogP contribution in [0.3, 0.4) is 0 Å². The molecule has 1 aliphatic carbocycles. The lowest BCUT2D eigenvalue weighted by molar-refractivity contribution is -0.136. The molecule has 0 aromatic heterocycles. The molecular weight excluding hydrogens is 388 g/mol. The summed E-state index contributed by atoms with van der Waals surface area (Å²) in [6, 6.07) is 6.06. The molecule has 0 atom stereocenters. The zero-order chi connectivity index (χ0) is 23.0. The molecule has 0 bridgehead atoms. The molecule has 0 unspecified atom stereocenters. The van der Waals surface area contributed by atoms with Crippen molar-refractivity contribution in [3.8, 4) is 0 Å². The highest BCUT2D eigenvalue weighted by Gasteiger charge is 2.25. The van der Waals surface area contributed by atoms with Crippen LogP contribution >= 0.6 is 0 Å². The first-order valence-electron chi connectivity index (χ1n) is 11.8. The molecule has 0 spiro atoms. The number of carbonyl (C=O) groups is 2. The molecule has 1 aromatic rings. The lowest BCUT2D eigenvalue weighted by Crippen LogP contribution is -2.40. The van der Waals surface area contributed by atoms with Gasteiger partial charge in [-0.05, 0) is 63.5 Å². The number of hydrogen-bond donors (Lipinski definition) is 1. The van der Waals surface area contributed by atoms with Crippen LogP contribution in [0, 0.1) is 11.8 Å². The molecule has 174 valence electrons. The van der Waals surface area contributed by atoms with E-state index in [9.17, 15) is 9.59 Å². The molecule has 1 saturated carbocycles. The maximum absolute atomic E-state index is 13.3. The van der Waals surface area contributed by atoms with E-state index in [-0.39, 0.29) is 23.7 Å². The number of nitrogens with zero attached hydrogens (tertiary/aromatic N) is 3. The van der Waals surface area contributed by atoms with Gasteiger partial charge < -0.3 is 20.0 Å². The third-order valence-corrected chi connectivity index (χ3v) is 6.38. The zero-order valence-corrected chi connectivity index (χ0v) is 20.4. The number of rotatable bonds is 11. The second-order valence-corrected chi connectivity index (χ2v) is 9.29. The van der Waals surface area contributed by atoms with Gasteiger partial charge in [-0.3, -0.25) is 9.59 Å². The molecule has 6 nitrogen and oxygen atoms in total. The molecule has 1 N–H and O–H groups in total. The predicted octanol–water partition coefficient (Wildman–Crippen LogP) is 4.21. The van der Waals surface area contributed by atoms with Crippen LogP contribution in [-0.4, -0.2) is 62.9 Å². The molecule has 2 amide bonds. The fourth-order valence-electron chi connectivity index (χ4n) is 4.35. The summed E-state index contributed by atoms with van der Waals surface area (Å²) in [7, 11) is 8.10. The summed E-state index contributed by atoms with van der Waals surface area (Å²) in [5, 5.41) is 3.12. The van der Waals surface area contributed by atoms with Gasteiger partial charge in [-0.2, -0.15) is 0 Å². The van der Waals surface area contributed by atoms with Crippen LogP contribution in [0.5, 0.6) is 0 Å². The Labute approximate surface area is 189 Å². The topological polar surface area (TPSA) is 55.9 Å². The summed E-state index contributed by atoms with van der Waals surface area (Å²) in [4.78, 5) is 32.1. The summed E-state index contributed by atoms with van der Waals surface area (Å²) in [5.74, 6) is 0.524. The number of anilines is 2. The van der Waals surface area contributed by atoms with Crippen LogP contribution in [0.2, 0.25) is 0 Å². The average Bonchev–Trinajstić information content (AvgIpc) is 3.26. The van der Waals surface area contributed by atoms with Crippen molar-refractivity contribution >= 4 is 23.2 Å². The largest absolute Gasteiger partial charge is 0.377 e. The minimum absolute atomic E-state index is 0.0511. The van der Waals surface area contributed by atoms with Gasteiger partial charge in [0.1, 0.15) is 0 Å². The second kappa shape index (κ2) is 12.1. The fraction of sp³-hybridized carbons (Fsp3) is 0.680. The SMILES string of the molecule is CCC(CC)C(=O)N(CCN(C)C)Cc1cc(NC(=O)C2CCCC2)ccc1N(C)C. The Morgan fingerprint density at radius 2 is 1.68 bits per heavy atom. The standard InChI is InChI=1S/C25H42N4O2/c1-7-19(8-2)25(31)29(16-15-27(3)4)18-21-17-22(13-14-23(21)28(5)6)26-24(30)20-11-9-10-12-20/h13-14,17,19-20H,7-12,15-16,18H2,1-6H3,(H,26,30). The second-order valence-electron chi connectivity index (χ2n) is 9.29. The molecule has 1 aromatic carbocycles. The van der Waals surface area contributed by atoms with Gasteiger partial charge >= 0.3 is 0 Å². The van der Waals surface area contributed by atoms with Crippen molar-refractivity contribution in [3.05, 3.63) is 23.8 Å². The van der Waals surface area contributed by atoms with Crippen LogP contribution in [0.25, 0.3) is 0 Å². The Morgan fingerprint density at radius 3 is 2.23 bits per heavy atom. The first kappa shape index (κ1) is 25.2. The predicted molar refractivity (Wildman–Crippen MR) is 129 cm³/mol. The highest BCUT2D eigenvalue weighted by atomic mass is 16.2. The number of amides is 2. The molecule has 6 heteroatoms. The van der Waals surface area contributed by atoms with Gasteiger partial charge in [0.15, 0.2) is 0 Å². The van der Waals surface area contributed by atoms with Gasteiger partial charge in [0.05, 0.1) is 0 Å². The van der Waals surface area contributed by atoms with Crippen LogP contribution in [-0.2, 0) is 16.1 Å². The highest BCUT2D eigenvalue weighted by Crippen LogP contribution is 2.29. The molecule has 0 radical (unpaired) electrons. The summed E-state index contributed by atoms with van der Waals surface area (Å²) >= 11 is 0. The number of likely N-dealkylation sites (N-methyl/N-ethyl adjacent to an activating group) is 1. The van der Waals surface area contributed by atoms with E-state index < -0.39 is 0 Å². The van der Waals surface area contributed by atoms with Crippen LogP contribution in [0.1, 0.15) is 57.9 Å². The van der Waals surface area contributed by atoms with Gasteiger partial charge in [-0.25, -0.2) is 0 Å². The lowest BCUT2D eigenvalue weighted by atomic mass is 10.0. The fourth-order valence-corrected chi connectivity index (χ4v) is 4.35. The third-order valence-electron chi connectivity index (χ3n) is 6.38. The van der Waals surface area contributed by atoms with Crippen molar-refractivity contribution in [3.63, 3.8) is 0 Å². The van der Waals surface area contributed by atoms with Crippen molar-refractivity contribution in [1.29, 1.82) is 0 Å². The van der Waals surface area contributed by atoms with E-state index in [2.05, 4.69) is 29.0 Å². The first-order chi connectivity index (χ1) is 14.8. The van der Waals surface area contributed by atoms with Gasteiger partial charge in [-0.15, -0.1) is 0 Å². The summed E-state index contributed by atoms with van der Waals surface area (Å²) in [6.45, 7) is 6.22. The molecular formula is C25H42N4O2. The van der Waals surface area contributed by atoms with Crippen LogP contribution in [0.4, 0.5) is 11.4 Å². The maximum atomic E-state index is 13.3. The zero-order valence-electron chi connectivity index (χ0n) is 20.4. The number of carbonyl (C=O) groups excluding carboxylic acids is 2. The monoisotopic (exact) mass is 430 g/mol. The normalized spacial score (nSPS) is 14.3. The van der Waals surface area contributed by atoms with Crippen molar-refractivity contribution in [2.24, 2.45) is 11.8 Å². The van der Waals surface area contributed by atoms with Crippen LogP contribution < -0.4 is 10.2 Å². The Kier molecular flexibility index (Phi) is 9.82. The van der Waals surface area contributed by atoms with Crippen molar-refractivity contribution in [1.82, 2.24) is 9.80 Å². The summed E-state index contributed by atoms with van der Waals surface area (Å²) in [5.41, 5.74) is 2.96. The molecule has 31 heavy (non-hydrogen) atoms. The lowest BCUT2D eigenvalue weighted by Gasteiger charge is -2.30. The van der Waals surface area contributed by atoms with Crippen LogP contribution in [0.15, 0.2) is 18.2 Å². The van der Waals surface area contributed by atoms with Gasteiger partial charge in [0.2, 0.25) is 11.8 Å². The minimum Gasteiger partial charge on any atom is -0.377 e. The van der Waals surface area contributed by atoms with Crippen molar-refractivity contribution < 1.29 is 9.59 Å². The van der Waals surface area contributed by atoms with E-state index in [4.69, 9.17) is 0 Å². The van der Waals surface area contributed by atoms with E-state index >= 15 is 0 Å². The Morgan fingerprint density at radius 1 is 1.03 bits per heavy atom. The molecule has 0 saturated heterocycles. The Hall–Kier alpha value is -2.08. The average molecular weight is 431 g/mol. The summed E-state index contributed by atoms with van der Waals surface area (Å²) < 4.78 is 0. The van der Waals surface area contributed by atoms with Gasteiger partial charge in [0.25, 0.3) is 0 Å². The quantitative estimate of drug-likeness (QED) is 0.571. The van der Waals surface area contributed by atoms with E-state index in [1.807, 2.05) is 51.3 Å². The van der Waals surface area contributed by atoms with Crippen molar-refractivity contribution in [2.75, 3.05) is 51.5 Å². The number of hydrogen-bond acceptors (Lipinski definition) is 4. The molecule has 0 heterocycles. The van der Waals surface area contributed by atoms with E-state index in [1.54, 1.807) is 0 Å². The van der Waals surface area contributed by atoms with Gasteiger partial charge in [-0.1, -0.05) is 26.7 Å². The smallest absolute Gasteiger partial charge is 0.227 e. The van der Waals surface area contributed by atoms with Crippen molar-refractivity contribution in [2.45, 2.75) is 58.9 Å². The molecule has 1 aliphatic rings. The first-order valence-corrected chi connectivity index (χ1v) is 11.8. The van der Waals surface area contributed by atoms with Gasteiger partial charge in [0, 0.05) is 56.9 Å². The number of benzene rings is 1.